The number of hydrogen-bond acceptors (Lipinski definition) is 1. The lowest BCUT2D eigenvalue weighted by molar-refractivity contribution is -0.896. The molecule has 3 heteroatoms. The van der Waals surface area contributed by atoms with Gasteiger partial charge in [-0.3, -0.25) is 0 Å². The maximum atomic E-state index is 6.20. The molecule has 0 aliphatic rings. The van der Waals surface area contributed by atoms with Crippen LogP contribution in [0.2, 0.25) is 5.02 Å². The van der Waals surface area contributed by atoms with E-state index in [4.69, 9.17) is 16.3 Å². The molecule has 102 valence electrons. The van der Waals surface area contributed by atoms with Gasteiger partial charge in [-0.2, -0.15) is 0 Å². The van der Waals surface area contributed by atoms with Crippen molar-refractivity contribution >= 4 is 22.4 Å². The minimum Gasteiger partial charge on any atom is -0.487 e. The second-order valence-corrected chi connectivity index (χ2v) is 5.05. The molecule has 0 fully saturated rings. The number of halogens is 1. The first-order valence-corrected chi connectivity index (χ1v) is 7.27. The second-order valence-electron chi connectivity index (χ2n) is 4.65. The van der Waals surface area contributed by atoms with Gasteiger partial charge in [0.15, 0.2) is 0 Å². The molecule has 2 nitrogen and oxygen atoms in total. The third kappa shape index (κ3) is 3.40. The van der Waals surface area contributed by atoms with Crippen LogP contribution in [-0.4, -0.2) is 26.2 Å². The average molecular weight is 279 g/mol. The van der Waals surface area contributed by atoms with Crippen molar-refractivity contribution in [3.05, 3.63) is 41.4 Å². The Kier molecular flexibility index (Phi) is 5.06. The first kappa shape index (κ1) is 14.2. The maximum absolute atomic E-state index is 6.20. The summed E-state index contributed by atoms with van der Waals surface area (Å²) in [7, 11) is 0. The number of rotatable bonds is 6. The summed E-state index contributed by atoms with van der Waals surface area (Å²) >= 11 is 6.20. The number of benzene rings is 2. The topological polar surface area (TPSA) is 13.7 Å². The maximum Gasteiger partial charge on any atom is 0.137 e. The number of ether oxygens (including phenoxy) is 1. The lowest BCUT2D eigenvalue weighted by Gasteiger charge is -2.16. The predicted octanol–water partition coefficient (Wildman–Crippen LogP) is 2.80. The van der Waals surface area contributed by atoms with Gasteiger partial charge in [-0.1, -0.05) is 35.9 Å². The van der Waals surface area contributed by atoms with Gasteiger partial charge in [0, 0.05) is 15.8 Å². The van der Waals surface area contributed by atoms with Crippen LogP contribution in [0.1, 0.15) is 13.8 Å². The van der Waals surface area contributed by atoms with Gasteiger partial charge >= 0.3 is 0 Å². The molecule has 19 heavy (non-hydrogen) atoms. The largest absolute Gasteiger partial charge is 0.487 e. The summed E-state index contributed by atoms with van der Waals surface area (Å²) in [6, 6.07) is 12.0. The number of fused-ring (bicyclic) bond motifs is 1. The van der Waals surface area contributed by atoms with Crippen molar-refractivity contribution in [3.8, 4) is 5.75 Å². The fourth-order valence-electron chi connectivity index (χ4n) is 2.27. The van der Waals surface area contributed by atoms with Crippen molar-refractivity contribution in [3.63, 3.8) is 0 Å². The quantitative estimate of drug-likeness (QED) is 0.858. The molecule has 0 saturated carbocycles. The Labute approximate surface area is 119 Å². The fourth-order valence-corrected chi connectivity index (χ4v) is 2.50. The Hall–Kier alpha value is -1.25. The fraction of sp³-hybridized carbons (Fsp3) is 0.375. The van der Waals surface area contributed by atoms with Gasteiger partial charge in [-0.15, -0.1) is 0 Å². The lowest BCUT2D eigenvalue weighted by atomic mass is 10.1. The van der Waals surface area contributed by atoms with Gasteiger partial charge in [0.2, 0.25) is 0 Å². The molecule has 0 aliphatic heterocycles. The van der Waals surface area contributed by atoms with Crippen molar-refractivity contribution in [1.82, 2.24) is 0 Å². The molecule has 0 saturated heterocycles. The molecule has 0 heterocycles. The van der Waals surface area contributed by atoms with Gasteiger partial charge in [-0.05, 0) is 26.0 Å². The minimum absolute atomic E-state index is 0.739. The van der Waals surface area contributed by atoms with E-state index in [9.17, 15) is 0 Å². The first-order valence-electron chi connectivity index (χ1n) is 6.89. The third-order valence-electron chi connectivity index (χ3n) is 3.54. The van der Waals surface area contributed by atoms with Crippen LogP contribution in [0.5, 0.6) is 5.75 Å². The molecule has 2 rings (SSSR count). The van der Waals surface area contributed by atoms with Crippen LogP contribution >= 0.6 is 11.6 Å². The van der Waals surface area contributed by atoms with E-state index >= 15 is 0 Å². The summed E-state index contributed by atoms with van der Waals surface area (Å²) in [6.07, 6.45) is 0. The first-order chi connectivity index (χ1) is 9.26. The summed E-state index contributed by atoms with van der Waals surface area (Å²) in [5.41, 5.74) is 0. The van der Waals surface area contributed by atoms with Crippen LogP contribution in [0.4, 0.5) is 0 Å². The molecule has 0 amide bonds. The van der Waals surface area contributed by atoms with E-state index in [0.29, 0.717) is 0 Å². The molecule has 0 radical (unpaired) electrons. The molecular formula is C16H21ClNO+. The molecule has 0 aromatic heterocycles. The van der Waals surface area contributed by atoms with Crippen molar-refractivity contribution in [2.24, 2.45) is 0 Å². The highest BCUT2D eigenvalue weighted by atomic mass is 35.5. The predicted molar refractivity (Wildman–Crippen MR) is 81.4 cm³/mol. The summed E-state index contributed by atoms with van der Waals surface area (Å²) in [4.78, 5) is 1.55. The molecule has 2 aromatic carbocycles. The average Bonchev–Trinajstić information content (AvgIpc) is 2.46. The SMILES string of the molecule is CC[NH+](CC)CCOc1ccc(Cl)c2ccccc12. The van der Waals surface area contributed by atoms with Gasteiger partial charge in [0.05, 0.1) is 13.1 Å². The van der Waals surface area contributed by atoms with Crippen LogP contribution < -0.4 is 9.64 Å². The Bertz CT molecular complexity index is 537. The van der Waals surface area contributed by atoms with Crippen molar-refractivity contribution in [2.45, 2.75) is 13.8 Å². The Morgan fingerprint density at radius 1 is 1.00 bits per heavy atom. The zero-order valence-corrected chi connectivity index (χ0v) is 12.3. The monoisotopic (exact) mass is 278 g/mol. The number of nitrogens with one attached hydrogen (secondary N) is 1. The van der Waals surface area contributed by atoms with E-state index in [2.05, 4.69) is 19.9 Å². The van der Waals surface area contributed by atoms with Gasteiger partial charge in [0.1, 0.15) is 18.9 Å². The highest BCUT2D eigenvalue weighted by Crippen LogP contribution is 2.30. The van der Waals surface area contributed by atoms with Crippen LogP contribution in [0.25, 0.3) is 10.8 Å². The van der Waals surface area contributed by atoms with E-state index < -0.39 is 0 Å². The smallest absolute Gasteiger partial charge is 0.137 e. The molecule has 0 unspecified atom stereocenters. The number of quaternary nitrogens is 1. The summed E-state index contributed by atoms with van der Waals surface area (Å²) < 4.78 is 5.93. The Balaban J connectivity index is 2.11. The van der Waals surface area contributed by atoms with E-state index in [0.717, 1.165) is 47.8 Å². The minimum atomic E-state index is 0.739. The summed E-state index contributed by atoms with van der Waals surface area (Å²) in [6.45, 7) is 8.46. The zero-order chi connectivity index (χ0) is 13.7. The van der Waals surface area contributed by atoms with Crippen LogP contribution in [0.3, 0.4) is 0 Å². The van der Waals surface area contributed by atoms with Crippen molar-refractivity contribution in [2.75, 3.05) is 26.2 Å². The highest BCUT2D eigenvalue weighted by Gasteiger charge is 2.07. The molecule has 0 spiro atoms. The van der Waals surface area contributed by atoms with Gasteiger partial charge in [-0.25, -0.2) is 0 Å². The van der Waals surface area contributed by atoms with E-state index in [-0.39, 0.29) is 0 Å². The standard InChI is InChI=1S/C16H20ClNO/c1-3-18(4-2)11-12-19-16-10-9-15(17)13-7-5-6-8-14(13)16/h5-10H,3-4,11-12H2,1-2H3/p+1. The third-order valence-corrected chi connectivity index (χ3v) is 3.87. The van der Waals surface area contributed by atoms with Gasteiger partial charge in [0.25, 0.3) is 0 Å². The van der Waals surface area contributed by atoms with Crippen LogP contribution in [0.15, 0.2) is 36.4 Å². The number of likely N-dealkylation sites (N-methyl/N-ethyl adjacent to an activating group) is 1. The molecule has 2 aromatic rings. The molecule has 0 aliphatic carbocycles. The van der Waals surface area contributed by atoms with Crippen molar-refractivity contribution < 1.29 is 9.64 Å². The van der Waals surface area contributed by atoms with E-state index in [1.54, 1.807) is 4.90 Å². The van der Waals surface area contributed by atoms with E-state index in [1.807, 2.05) is 30.3 Å². The normalized spacial score (nSPS) is 11.2. The van der Waals surface area contributed by atoms with Crippen molar-refractivity contribution in [1.29, 1.82) is 0 Å². The Morgan fingerprint density at radius 2 is 1.68 bits per heavy atom. The zero-order valence-electron chi connectivity index (χ0n) is 11.6. The number of hydrogen-bond donors (Lipinski definition) is 1. The lowest BCUT2D eigenvalue weighted by Crippen LogP contribution is -3.12. The molecule has 0 atom stereocenters. The highest BCUT2D eigenvalue weighted by molar-refractivity contribution is 6.35. The van der Waals surface area contributed by atoms with Crippen LogP contribution in [0, 0.1) is 0 Å². The Morgan fingerprint density at radius 3 is 2.37 bits per heavy atom. The molecule has 0 bridgehead atoms. The summed E-state index contributed by atoms with van der Waals surface area (Å²) in [5, 5.41) is 2.92. The second kappa shape index (κ2) is 6.78. The van der Waals surface area contributed by atoms with E-state index in [1.165, 1.54) is 0 Å². The van der Waals surface area contributed by atoms with Crippen LogP contribution in [-0.2, 0) is 0 Å². The summed E-state index contributed by atoms with van der Waals surface area (Å²) in [5.74, 6) is 0.923. The molecule has 1 N–H and O–H groups in total. The van der Waals surface area contributed by atoms with Gasteiger partial charge < -0.3 is 9.64 Å². The molecular weight excluding hydrogens is 258 g/mol.